The largest absolute Gasteiger partial charge is 0.379 e. The van der Waals surface area contributed by atoms with Crippen molar-refractivity contribution in [3.63, 3.8) is 0 Å². The third-order valence-electron chi connectivity index (χ3n) is 11.4. The molecule has 7 unspecified atom stereocenters. The number of unbranched alkanes of at least 4 members (excludes halogenated alkanes) is 3. The molecule has 0 aromatic carbocycles. The van der Waals surface area contributed by atoms with E-state index in [0.29, 0.717) is 32.3 Å². The highest BCUT2D eigenvalue weighted by Crippen LogP contribution is 2.29. The number of methoxy groups -OCH3 is 2. The number of rotatable bonds is 25. The Morgan fingerprint density at radius 3 is 2.21 bits per heavy atom. The van der Waals surface area contributed by atoms with E-state index in [2.05, 4.69) is 16.0 Å². The standard InChI is InChI=1S/C40H69N7O9/c1-9-28(2)37(46(6)36(52)27-43-40(54)31-18-14-22-44(31)4)32(55-7)25-35(51)47-23-15-17-30(47)38(56-8)29(3)39(53)42-26-33(49)41-20-12-10-11-13-21-45(5)34(50)19-16-24-48/h16,19,24,28-32,37-38H,9-15,17-18,20-23,25-27H2,1-8H3,(H,41,49)(H,42,53)(H,43,54)/b19-16-. The Morgan fingerprint density at radius 2 is 1.59 bits per heavy atom. The van der Waals surface area contributed by atoms with Crippen LogP contribution >= 0.6 is 0 Å². The van der Waals surface area contributed by atoms with Crippen LogP contribution in [0.15, 0.2) is 12.2 Å². The van der Waals surface area contributed by atoms with Crippen molar-refractivity contribution in [1.29, 1.82) is 0 Å². The Bertz CT molecular complexity index is 1330. The van der Waals surface area contributed by atoms with Crippen LogP contribution in [-0.4, -0.2) is 166 Å². The molecule has 0 aliphatic carbocycles. The average Bonchev–Trinajstić information content (AvgIpc) is 3.86. The van der Waals surface area contributed by atoms with E-state index in [1.807, 2.05) is 25.8 Å². The zero-order chi connectivity index (χ0) is 41.8. The number of hydrogen-bond donors (Lipinski definition) is 3. The van der Waals surface area contributed by atoms with E-state index in [4.69, 9.17) is 9.47 Å². The molecule has 6 amide bonds. The van der Waals surface area contributed by atoms with Crippen molar-refractivity contribution in [3.05, 3.63) is 12.2 Å². The predicted molar refractivity (Wildman–Crippen MR) is 212 cm³/mol. The maximum Gasteiger partial charge on any atom is 0.246 e. The number of hydrogen-bond acceptors (Lipinski definition) is 10. The summed E-state index contributed by atoms with van der Waals surface area (Å²) >= 11 is 0. The van der Waals surface area contributed by atoms with Gasteiger partial charge in [-0.3, -0.25) is 38.5 Å². The fourth-order valence-electron chi connectivity index (χ4n) is 7.78. The van der Waals surface area contributed by atoms with Gasteiger partial charge in [0.2, 0.25) is 35.4 Å². The first-order valence-corrected chi connectivity index (χ1v) is 20.2. The molecule has 2 rings (SSSR count). The van der Waals surface area contributed by atoms with Gasteiger partial charge in [0, 0.05) is 54.0 Å². The summed E-state index contributed by atoms with van der Waals surface area (Å²) in [5, 5.41) is 8.34. The first-order chi connectivity index (χ1) is 26.7. The van der Waals surface area contributed by atoms with Gasteiger partial charge in [0.05, 0.1) is 55.8 Å². The predicted octanol–water partition coefficient (Wildman–Crippen LogP) is 1.12. The lowest BCUT2D eigenvalue weighted by Gasteiger charge is -2.39. The van der Waals surface area contributed by atoms with Crippen molar-refractivity contribution >= 4 is 41.7 Å². The van der Waals surface area contributed by atoms with Crippen LogP contribution in [0.5, 0.6) is 0 Å². The molecule has 0 spiro atoms. The molecule has 16 heteroatoms. The number of allylic oxidation sites excluding steroid dienone is 1. The molecule has 2 heterocycles. The van der Waals surface area contributed by atoms with Crippen molar-refractivity contribution in [2.75, 3.05) is 74.6 Å². The zero-order valence-corrected chi connectivity index (χ0v) is 35.1. The Hall–Kier alpha value is -3.89. The first kappa shape index (κ1) is 48.3. The molecule has 2 saturated heterocycles. The van der Waals surface area contributed by atoms with Gasteiger partial charge in [0.25, 0.3) is 0 Å². The monoisotopic (exact) mass is 792 g/mol. The summed E-state index contributed by atoms with van der Waals surface area (Å²) in [5.41, 5.74) is 0. The Morgan fingerprint density at radius 1 is 0.893 bits per heavy atom. The number of nitrogens with zero attached hydrogens (tertiary/aromatic N) is 4. The van der Waals surface area contributed by atoms with Gasteiger partial charge in [0.15, 0.2) is 0 Å². The third-order valence-corrected chi connectivity index (χ3v) is 11.4. The summed E-state index contributed by atoms with van der Waals surface area (Å²) in [4.78, 5) is 94.9. The summed E-state index contributed by atoms with van der Waals surface area (Å²) in [7, 11) is 8.33. The SMILES string of the molecule is CCC(C)C(C(CC(=O)N1CCCC1C(OC)C(C)C(=O)NCC(=O)NCCCCCCN(C)C(=O)/C=C\C=O)OC)N(C)C(=O)CNC(=O)C1CCCN1C. The van der Waals surface area contributed by atoms with Crippen molar-refractivity contribution in [2.24, 2.45) is 11.8 Å². The fraction of sp³-hybridized carbons (Fsp3) is 0.775. The highest BCUT2D eigenvalue weighted by Gasteiger charge is 2.42. The Balaban J connectivity index is 1.89. The summed E-state index contributed by atoms with van der Waals surface area (Å²) in [6.45, 7) is 7.81. The van der Waals surface area contributed by atoms with E-state index in [-0.39, 0.29) is 73.0 Å². The van der Waals surface area contributed by atoms with Crippen molar-refractivity contribution in [2.45, 2.75) is 115 Å². The molecule has 0 bridgehead atoms. The van der Waals surface area contributed by atoms with Crippen molar-refractivity contribution in [1.82, 2.24) is 35.6 Å². The molecule has 2 aliphatic heterocycles. The van der Waals surface area contributed by atoms with Gasteiger partial charge in [-0.2, -0.15) is 0 Å². The third kappa shape index (κ3) is 14.9. The molecule has 0 aromatic rings. The molecular weight excluding hydrogens is 722 g/mol. The molecule has 7 atom stereocenters. The van der Waals surface area contributed by atoms with Gasteiger partial charge in [-0.15, -0.1) is 0 Å². The van der Waals surface area contributed by atoms with Gasteiger partial charge in [0.1, 0.15) is 6.29 Å². The maximum absolute atomic E-state index is 14.0. The molecule has 0 aromatic heterocycles. The van der Waals surface area contributed by atoms with Crippen molar-refractivity contribution in [3.8, 4) is 0 Å². The second kappa shape index (κ2) is 25.4. The van der Waals surface area contributed by atoms with Crippen LogP contribution in [0.2, 0.25) is 0 Å². The Kier molecular flexibility index (Phi) is 21.9. The molecule has 2 aliphatic rings. The van der Waals surface area contributed by atoms with Crippen LogP contribution in [-0.2, 0) is 43.0 Å². The highest BCUT2D eigenvalue weighted by atomic mass is 16.5. The lowest BCUT2D eigenvalue weighted by Crippen LogP contribution is -2.55. The van der Waals surface area contributed by atoms with Gasteiger partial charge in [-0.1, -0.05) is 40.0 Å². The quantitative estimate of drug-likeness (QED) is 0.0688. The number of aldehydes is 1. The van der Waals surface area contributed by atoms with E-state index >= 15 is 0 Å². The molecule has 2 fully saturated rings. The second-order valence-electron chi connectivity index (χ2n) is 15.2. The highest BCUT2D eigenvalue weighted by molar-refractivity contribution is 5.91. The van der Waals surface area contributed by atoms with Gasteiger partial charge < -0.3 is 40.1 Å². The summed E-state index contributed by atoms with van der Waals surface area (Å²) < 4.78 is 11.7. The second-order valence-corrected chi connectivity index (χ2v) is 15.2. The zero-order valence-electron chi connectivity index (χ0n) is 35.1. The van der Waals surface area contributed by atoms with Crippen molar-refractivity contribution < 1.29 is 43.0 Å². The maximum atomic E-state index is 14.0. The van der Waals surface area contributed by atoms with Gasteiger partial charge in [-0.25, -0.2) is 0 Å². The number of nitrogens with one attached hydrogen (secondary N) is 3. The molecule has 0 radical (unpaired) electrons. The minimum atomic E-state index is -0.654. The minimum absolute atomic E-state index is 0.00479. The van der Waals surface area contributed by atoms with Crippen LogP contribution < -0.4 is 16.0 Å². The normalized spacial score (nSPS) is 19.8. The van der Waals surface area contributed by atoms with Crippen LogP contribution in [0, 0.1) is 11.8 Å². The lowest BCUT2D eigenvalue weighted by atomic mass is 9.90. The number of carbonyl (C=O) groups excluding carboxylic acids is 7. The van der Waals surface area contributed by atoms with Crippen LogP contribution in [0.3, 0.4) is 0 Å². The molecule has 16 nitrogen and oxygen atoms in total. The van der Waals surface area contributed by atoms with Crippen LogP contribution in [0.25, 0.3) is 0 Å². The van der Waals surface area contributed by atoms with E-state index in [1.54, 1.807) is 35.7 Å². The Labute approximate surface area is 333 Å². The number of likely N-dealkylation sites (tertiary alicyclic amines) is 2. The molecule has 318 valence electrons. The van der Waals surface area contributed by atoms with E-state index < -0.39 is 24.2 Å². The number of carbonyl (C=O) groups is 7. The lowest BCUT2D eigenvalue weighted by molar-refractivity contribution is -0.146. The van der Waals surface area contributed by atoms with Crippen LogP contribution in [0.4, 0.5) is 0 Å². The van der Waals surface area contributed by atoms with E-state index in [9.17, 15) is 33.6 Å². The summed E-state index contributed by atoms with van der Waals surface area (Å²) in [6, 6.07) is -1.03. The number of likely N-dealkylation sites (N-methyl/N-ethyl adjacent to an activating group) is 3. The molecule has 3 N–H and O–H groups in total. The van der Waals surface area contributed by atoms with Crippen LogP contribution in [0.1, 0.15) is 85.0 Å². The summed E-state index contributed by atoms with van der Waals surface area (Å²) in [5.74, 6) is -2.13. The van der Waals surface area contributed by atoms with E-state index in [0.717, 1.165) is 57.9 Å². The number of ether oxygens (including phenoxy) is 2. The first-order valence-electron chi connectivity index (χ1n) is 20.2. The van der Waals surface area contributed by atoms with Gasteiger partial charge in [-0.05, 0) is 64.1 Å². The number of amides is 6. The molecule has 0 saturated carbocycles. The molecular formula is C40H69N7O9. The average molecular weight is 792 g/mol. The van der Waals surface area contributed by atoms with Gasteiger partial charge >= 0.3 is 0 Å². The smallest absolute Gasteiger partial charge is 0.246 e. The minimum Gasteiger partial charge on any atom is -0.379 e. The topological polar surface area (TPSA) is 187 Å². The fourth-order valence-corrected chi connectivity index (χ4v) is 7.78. The summed E-state index contributed by atoms with van der Waals surface area (Å²) in [6.07, 6.45) is 8.88. The molecule has 56 heavy (non-hydrogen) atoms. The van der Waals surface area contributed by atoms with E-state index in [1.165, 1.54) is 26.4 Å².